The van der Waals surface area contributed by atoms with Gasteiger partial charge in [-0.25, -0.2) is 0 Å². The van der Waals surface area contributed by atoms with Gasteiger partial charge in [0.25, 0.3) is 5.91 Å². The molecule has 0 unspecified atom stereocenters. The van der Waals surface area contributed by atoms with Crippen LogP contribution in [0.15, 0.2) is 54.6 Å². The summed E-state index contributed by atoms with van der Waals surface area (Å²) in [5.74, 6) is 0.434. The molecular formula is C22H29NO. The van der Waals surface area contributed by atoms with Crippen LogP contribution in [0.2, 0.25) is 0 Å². The summed E-state index contributed by atoms with van der Waals surface area (Å²) in [6.07, 6.45) is 0.939. The summed E-state index contributed by atoms with van der Waals surface area (Å²) in [5.41, 5.74) is 3.28. The molecule has 0 aliphatic rings. The number of benzene rings is 2. The van der Waals surface area contributed by atoms with Crippen molar-refractivity contribution in [3.63, 3.8) is 0 Å². The number of amides is 1. The first kappa shape index (κ1) is 18.3. The third kappa shape index (κ3) is 4.25. The Morgan fingerprint density at radius 3 is 1.96 bits per heavy atom. The average Bonchev–Trinajstić information content (AvgIpc) is 2.55. The second kappa shape index (κ2) is 8.14. The number of hydrogen-bond acceptors (Lipinski definition) is 1. The summed E-state index contributed by atoms with van der Waals surface area (Å²) >= 11 is 0. The van der Waals surface area contributed by atoms with Crippen LogP contribution >= 0.6 is 0 Å². The predicted molar refractivity (Wildman–Crippen MR) is 101 cm³/mol. The topological polar surface area (TPSA) is 20.3 Å². The summed E-state index contributed by atoms with van der Waals surface area (Å²) < 4.78 is 0. The SMILES string of the molecule is CC(C)N(C(=O)c1ccccc1[C@H](C)Cc1ccccc1)C(C)C. The summed E-state index contributed by atoms with van der Waals surface area (Å²) in [6.45, 7) is 10.5. The Morgan fingerprint density at radius 1 is 0.833 bits per heavy atom. The number of rotatable bonds is 6. The van der Waals surface area contributed by atoms with Gasteiger partial charge in [0.2, 0.25) is 0 Å². The predicted octanol–water partition coefficient (Wildman–Crippen LogP) is 5.29. The standard InChI is InChI=1S/C22H29NO/c1-16(2)23(17(3)4)22(24)21-14-10-9-13-20(21)18(5)15-19-11-7-6-8-12-19/h6-14,16-18H,15H2,1-5H3/t18-/m1/s1. The van der Waals surface area contributed by atoms with Crippen LogP contribution in [-0.4, -0.2) is 22.9 Å². The lowest BCUT2D eigenvalue weighted by Crippen LogP contribution is -2.42. The van der Waals surface area contributed by atoms with Crippen molar-refractivity contribution >= 4 is 5.91 Å². The molecule has 0 aromatic heterocycles. The third-order valence-corrected chi connectivity index (χ3v) is 4.45. The van der Waals surface area contributed by atoms with Crippen molar-refractivity contribution in [3.8, 4) is 0 Å². The molecule has 0 N–H and O–H groups in total. The number of hydrogen-bond donors (Lipinski definition) is 0. The van der Waals surface area contributed by atoms with Gasteiger partial charge in [-0.15, -0.1) is 0 Å². The fraction of sp³-hybridized carbons (Fsp3) is 0.409. The molecule has 2 rings (SSSR count). The minimum absolute atomic E-state index is 0.135. The van der Waals surface area contributed by atoms with Crippen molar-refractivity contribution < 1.29 is 4.79 Å². The van der Waals surface area contributed by atoms with Crippen LogP contribution in [0.5, 0.6) is 0 Å². The zero-order valence-corrected chi connectivity index (χ0v) is 15.5. The lowest BCUT2D eigenvalue weighted by Gasteiger charge is -2.32. The van der Waals surface area contributed by atoms with Gasteiger partial charge in [-0.05, 0) is 57.2 Å². The summed E-state index contributed by atoms with van der Waals surface area (Å²) in [5, 5.41) is 0. The van der Waals surface area contributed by atoms with Crippen LogP contribution in [0, 0.1) is 0 Å². The van der Waals surface area contributed by atoms with Crippen molar-refractivity contribution in [2.24, 2.45) is 0 Å². The highest BCUT2D eigenvalue weighted by Gasteiger charge is 2.24. The van der Waals surface area contributed by atoms with Crippen LogP contribution in [0.1, 0.15) is 62.0 Å². The molecule has 24 heavy (non-hydrogen) atoms. The maximum atomic E-state index is 13.1. The van der Waals surface area contributed by atoms with E-state index in [-0.39, 0.29) is 18.0 Å². The molecule has 2 nitrogen and oxygen atoms in total. The monoisotopic (exact) mass is 323 g/mol. The van der Waals surface area contributed by atoms with Gasteiger partial charge in [0.15, 0.2) is 0 Å². The van der Waals surface area contributed by atoms with Gasteiger partial charge < -0.3 is 4.90 Å². The first-order chi connectivity index (χ1) is 11.4. The van der Waals surface area contributed by atoms with Gasteiger partial charge >= 0.3 is 0 Å². The van der Waals surface area contributed by atoms with Crippen LogP contribution in [0.4, 0.5) is 0 Å². The summed E-state index contributed by atoms with van der Waals surface area (Å²) in [7, 11) is 0. The Kier molecular flexibility index (Phi) is 6.19. The van der Waals surface area contributed by atoms with Crippen molar-refractivity contribution in [1.29, 1.82) is 0 Å². The highest BCUT2D eigenvalue weighted by atomic mass is 16.2. The fourth-order valence-corrected chi connectivity index (χ4v) is 3.40. The molecule has 0 heterocycles. The minimum atomic E-state index is 0.135. The molecule has 1 amide bonds. The van der Waals surface area contributed by atoms with E-state index >= 15 is 0 Å². The zero-order valence-electron chi connectivity index (χ0n) is 15.5. The Hall–Kier alpha value is -2.09. The second-order valence-electron chi connectivity index (χ2n) is 7.08. The molecule has 0 fully saturated rings. The van der Waals surface area contributed by atoms with Gasteiger partial charge in [0.1, 0.15) is 0 Å². The Morgan fingerprint density at radius 2 is 1.38 bits per heavy atom. The largest absolute Gasteiger partial charge is 0.334 e. The second-order valence-corrected chi connectivity index (χ2v) is 7.08. The molecule has 0 radical (unpaired) electrons. The van der Waals surface area contributed by atoms with E-state index in [2.05, 4.69) is 65.0 Å². The molecule has 2 heteroatoms. The molecule has 128 valence electrons. The van der Waals surface area contributed by atoms with E-state index in [0.717, 1.165) is 17.5 Å². The molecule has 0 saturated carbocycles. The van der Waals surface area contributed by atoms with E-state index in [4.69, 9.17) is 0 Å². The van der Waals surface area contributed by atoms with Gasteiger partial charge in [-0.2, -0.15) is 0 Å². The van der Waals surface area contributed by atoms with Crippen molar-refractivity contribution in [2.45, 2.75) is 59.0 Å². The van der Waals surface area contributed by atoms with E-state index in [1.54, 1.807) is 0 Å². The Bertz CT molecular complexity index is 653. The molecule has 0 bridgehead atoms. The molecule has 1 atom stereocenters. The average molecular weight is 323 g/mol. The summed E-state index contributed by atoms with van der Waals surface area (Å²) in [6, 6.07) is 18.9. The molecule has 0 aliphatic heterocycles. The van der Waals surface area contributed by atoms with Crippen LogP contribution in [0.3, 0.4) is 0 Å². The lowest BCUT2D eigenvalue weighted by molar-refractivity contribution is 0.0642. The van der Waals surface area contributed by atoms with E-state index in [1.807, 2.05) is 29.2 Å². The first-order valence-corrected chi connectivity index (χ1v) is 8.87. The number of carbonyl (C=O) groups excluding carboxylic acids is 1. The van der Waals surface area contributed by atoms with E-state index in [9.17, 15) is 4.79 Å². The van der Waals surface area contributed by atoms with Crippen molar-refractivity contribution in [2.75, 3.05) is 0 Å². The quantitative estimate of drug-likeness (QED) is 0.707. The maximum absolute atomic E-state index is 13.1. The fourth-order valence-electron chi connectivity index (χ4n) is 3.40. The van der Waals surface area contributed by atoms with Gasteiger partial charge in [-0.3, -0.25) is 4.79 Å². The summed E-state index contributed by atoms with van der Waals surface area (Å²) in [4.78, 5) is 15.1. The van der Waals surface area contributed by atoms with Gasteiger partial charge in [-0.1, -0.05) is 55.5 Å². The maximum Gasteiger partial charge on any atom is 0.254 e. The Balaban J connectivity index is 2.31. The highest BCUT2D eigenvalue weighted by Crippen LogP contribution is 2.26. The number of nitrogens with zero attached hydrogens (tertiary/aromatic N) is 1. The van der Waals surface area contributed by atoms with Gasteiger partial charge in [0, 0.05) is 17.6 Å². The van der Waals surface area contributed by atoms with E-state index < -0.39 is 0 Å². The Labute approximate surface area is 146 Å². The van der Waals surface area contributed by atoms with Crippen molar-refractivity contribution in [1.82, 2.24) is 4.90 Å². The minimum Gasteiger partial charge on any atom is -0.334 e. The molecule has 2 aromatic carbocycles. The lowest BCUT2D eigenvalue weighted by atomic mass is 9.89. The van der Waals surface area contributed by atoms with Crippen molar-refractivity contribution in [3.05, 3.63) is 71.3 Å². The van der Waals surface area contributed by atoms with E-state index in [1.165, 1.54) is 5.56 Å². The zero-order chi connectivity index (χ0) is 17.7. The number of carbonyl (C=O) groups is 1. The van der Waals surface area contributed by atoms with E-state index in [0.29, 0.717) is 5.92 Å². The molecular weight excluding hydrogens is 294 g/mol. The first-order valence-electron chi connectivity index (χ1n) is 8.87. The normalized spacial score (nSPS) is 12.5. The molecule has 2 aromatic rings. The smallest absolute Gasteiger partial charge is 0.254 e. The van der Waals surface area contributed by atoms with Crippen LogP contribution in [-0.2, 0) is 6.42 Å². The molecule has 0 aliphatic carbocycles. The van der Waals surface area contributed by atoms with Gasteiger partial charge in [0.05, 0.1) is 0 Å². The molecule has 0 spiro atoms. The highest BCUT2D eigenvalue weighted by molar-refractivity contribution is 5.96. The van der Waals surface area contributed by atoms with Crippen LogP contribution in [0.25, 0.3) is 0 Å². The van der Waals surface area contributed by atoms with Crippen LogP contribution < -0.4 is 0 Å². The third-order valence-electron chi connectivity index (χ3n) is 4.45. The molecule has 0 saturated heterocycles.